The van der Waals surface area contributed by atoms with E-state index in [1.807, 2.05) is 0 Å². The Morgan fingerprint density at radius 1 is 1.15 bits per heavy atom. The van der Waals surface area contributed by atoms with Crippen LogP contribution < -0.4 is 0 Å². The number of carbonyl (C=O) groups is 2. The molecule has 0 saturated carbocycles. The van der Waals surface area contributed by atoms with Crippen molar-refractivity contribution < 1.29 is 24.4 Å². The first-order chi connectivity index (χ1) is 15.4. The molecule has 1 N–H and O–H groups in total. The Morgan fingerprint density at radius 2 is 1.79 bits per heavy atom. The van der Waals surface area contributed by atoms with E-state index in [2.05, 4.69) is 9.98 Å². The molecule has 10 heteroatoms. The van der Waals surface area contributed by atoms with Gasteiger partial charge in [0.1, 0.15) is 22.0 Å². The molecular formula is C23H20ClN3O6. The summed E-state index contributed by atoms with van der Waals surface area (Å²) >= 11 is 5.81. The molecule has 0 fully saturated rings. The zero-order valence-corrected chi connectivity index (χ0v) is 19.0. The van der Waals surface area contributed by atoms with Gasteiger partial charge in [-0.2, -0.15) is 4.99 Å². The molecule has 2 aromatic rings. The van der Waals surface area contributed by atoms with Crippen LogP contribution in [0, 0.1) is 10.1 Å². The van der Waals surface area contributed by atoms with Crippen LogP contribution in [-0.2, 0) is 9.53 Å². The Bertz CT molecular complexity index is 1270. The molecular weight excluding hydrogens is 450 g/mol. The third kappa shape index (κ3) is 5.15. The zero-order chi connectivity index (χ0) is 24.5. The second kappa shape index (κ2) is 8.95. The molecule has 3 rings (SSSR count). The van der Waals surface area contributed by atoms with Crippen molar-refractivity contribution in [1.29, 1.82) is 0 Å². The number of esters is 1. The van der Waals surface area contributed by atoms with Crippen molar-refractivity contribution in [3.05, 3.63) is 85.6 Å². The first-order valence-corrected chi connectivity index (χ1v) is 10.2. The van der Waals surface area contributed by atoms with E-state index in [1.54, 1.807) is 45.0 Å². The minimum atomic E-state index is -0.813. The molecule has 0 aromatic heterocycles. The number of nitro benzene ring substituents is 1. The maximum Gasteiger partial charge on any atom is 0.344 e. The summed E-state index contributed by atoms with van der Waals surface area (Å²) < 4.78 is 5.40. The number of hydrogen-bond acceptors (Lipinski definition) is 6. The second-order valence-electron chi connectivity index (χ2n) is 8.13. The Hall–Kier alpha value is -3.85. The smallest absolute Gasteiger partial charge is 0.344 e. The number of rotatable bonds is 4. The average molecular weight is 470 g/mol. The van der Waals surface area contributed by atoms with Crippen LogP contribution >= 0.6 is 11.6 Å². The van der Waals surface area contributed by atoms with E-state index in [4.69, 9.17) is 16.3 Å². The highest BCUT2D eigenvalue weighted by atomic mass is 35.5. The predicted octanol–water partition coefficient (Wildman–Crippen LogP) is 4.81. The Kier molecular flexibility index (Phi) is 6.46. The maximum atomic E-state index is 12.8. The van der Waals surface area contributed by atoms with Crippen molar-refractivity contribution in [3.8, 4) is 0 Å². The lowest BCUT2D eigenvalue weighted by molar-refractivity contribution is -0.384. The molecule has 9 nitrogen and oxygen atoms in total. The molecule has 0 saturated heterocycles. The molecule has 0 bridgehead atoms. The number of hydrogen-bond donors (Lipinski definition) is 1. The van der Waals surface area contributed by atoms with E-state index >= 15 is 0 Å². The highest BCUT2D eigenvalue weighted by molar-refractivity contribution is 6.36. The lowest BCUT2D eigenvalue weighted by atomic mass is 9.99. The normalized spacial score (nSPS) is 14.9. The minimum Gasteiger partial charge on any atom is -0.512 e. The van der Waals surface area contributed by atoms with Crippen LogP contribution in [-0.4, -0.2) is 39.1 Å². The molecule has 33 heavy (non-hydrogen) atoms. The summed E-state index contributed by atoms with van der Waals surface area (Å²) in [4.78, 5) is 44.3. The van der Waals surface area contributed by atoms with E-state index in [-0.39, 0.29) is 33.5 Å². The number of nitro groups is 1. The molecule has 0 spiro atoms. The van der Waals surface area contributed by atoms with Gasteiger partial charge in [-0.15, -0.1) is 0 Å². The van der Waals surface area contributed by atoms with Crippen LogP contribution in [0.5, 0.6) is 0 Å². The number of ether oxygens (including phenoxy) is 1. The van der Waals surface area contributed by atoms with Crippen molar-refractivity contribution in [3.63, 3.8) is 0 Å². The lowest BCUT2D eigenvalue weighted by Gasteiger charge is -2.21. The van der Waals surface area contributed by atoms with Crippen molar-refractivity contribution in [2.75, 3.05) is 0 Å². The monoisotopic (exact) mass is 469 g/mol. The van der Waals surface area contributed by atoms with Gasteiger partial charge in [-0.3, -0.25) is 14.9 Å². The number of allylic oxidation sites excluding steroid dienone is 1. The van der Waals surface area contributed by atoms with Crippen molar-refractivity contribution in [2.45, 2.75) is 33.3 Å². The first-order valence-electron chi connectivity index (χ1n) is 9.78. The van der Waals surface area contributed by atoms with E-state index in [9.17, 15) is 24.8 Å². The number of aliphatic hydroxyl groups is 1. The van der Waals surface area contributed by atoms with E-state index < -0.39 is 28.1 Å². The number of aliphatic hydroxyl groups excluding tert-OH is 1. The molecule has 0 aliphatic carbocycles. The van der Waals surface area contributed by atoms with Crippen molar-refractivity contribution in [1.82, 2.24) is 0 Å². The Morgan fingerprint density at radius 3 is 2.36 bits per heavy atom. The summed E-state index contributed by atoms with van der Waals surface area (Å²) in [7, 11) is 0. The number of benzene rings is 2. The molecule has 1 aliphatic rings. The molecule has 170 valence electrons. The van der Waals surface area contributed by atoms with Gasteiger partial charge in [-0.1, -0.05) is 35.9 Å². The Balaban J connectivity index is 2.09. The van der Waals surface area contributed by atoms with E-state index in [0.29, 0.717) is 11.1 Å². The number of carbonyl (C=O) groups excluding carboxylic acids is 2. The predicted molar refractivity (Wildman–Crippen MR) is 123 cm³/mol. The van der Waals surface area contributed by atoms with Gasteiger partial charge in [0.15, 0.2) is 5.84 Å². The SMILES string of the molecule is C/C(O)=C(/C(=O)OC(C)(C)C)C1=NC(=NC(=O)c2ccc(Cl)c([N+](=O)[O-])c2)c2ccccc21. The third-order valence-electron chi connectivity index (χ3n) is 4.44. The fourth-order valence-electron chi connectivity index (χ4n) is 3.08. The van der Waals surface area contributed by atoms with Gasteiger partial charge in [-0.05, 0) is 39.8 Å². The van der Waals surface area contributed by atoms with Crippen LogP contribution in [0.3, 0.4) is 0 Å². The second-order valence-corrected chi connectivity index (χ2v) is 8.54. The standard InChI is InChI=1S/C23H20ClN3O6/c1-12(28)18(22(30)33-23(2,3)4)19-14-7-5-6-8-15(14)20(25-19)26-21(29)13-9-10-16(24)17(11-13)27(31)32/h5-11,28H,1-4H3/b18-12-,26-20?. The summed E-state index contributed by atoms with van der Waals surface area (Å²) in [6.07, 6.45) is 0. The minimum absolute atomic E-state index is 0.00879. The van der Waals surface area contributed by atoms with Gasteiger partial charge < -0.3 is 9.84 Å². The zero-order valence-electron chi connectivity index (χ0n) is 18.2. The van der Waals surface area contributed by atoms with Crippen molar-refractivity contribution in [2.24, 2.45) is 9.98 Å². The van der Waals surface area contributed by atoms with Gasteiger partial charge in [0.25, 0.3) is 11.6 Å². The molecule has 0 unspecified atom stereocenters. The van der Waals surface area contributed by atoms with Crippen LogP contribution in [0.2, 0.25) is 5.02 Å². The van der Waals surface area contributed by atoms with Crippen LogP contribution in [0.4, 0.5) is 5.69 Å². The quantitative estimate of drug-likeness (QED) is 0.224. The first kappa shape index (κ1) is 23.8. The summed E-state index contributed by atoms with van der Waals surface area (Å²) in [5.74, 6) is -1.88. The van der Waals surface area contributed by atoms with E-state index in [0.717, 1.165) is 6.07 Å². The number of amides is 1. The summed E-state index contributed by atoms with van der Waals surface area (Å²) in [5.41, 5.74) is -0.421. The molecule has 1 aliphatic heterocycles. The number of aliphatic imine (C=N–C) groups is 2. The highest BCUT2D eigenvalue weighted by Gasteiger charge is 2.32. The largest absolute Gasteiger partial charge is 0.512 e. The van der Waals surface area contributed by atoms with Crippen molar-refractivity contribution >= 4 is 40.7 Å². The molecule has 1 amide bonds. The fourth-order valence-corrected chi connectivity index (χ4v) is 3.26. The highest BCUT2D eigenvalue weighted by Crippen LogP contribution is 2.28. The van der Waals surface area contributed by atoms with Crippen LogP contribution in [0.1, 0.15) is 49.2 Å². The number of fused-ring (bicyclic) bond motifs is 1. The van der Waals surface area contributed by atoms with Gasteiger partial charge in [0.2, 0.25) is 0 Å². The molecule has 0 atom stereocenters. The van der Waals surface area contributed by atoms with Crippen LogP contribution in [0.15, 0.2) is 63.8 Å². The van der Waals surface area contributed by atoms with Gasteiger partial charge in [-0.25, -0.2) is 9.79 Å². The number of nitrogens with zero attached hydrogens (tertiary/aromatic N) is 3. The molecule has 0 radical (unpaired) electrons. The number of amidine groups is 1. The maximum absolute atomic E-state index is 12.8. The van der Waals surface area contributed by atoms with Gasteiger partial charge >= 0.3 is 5.97 Å². The molecule has 2 aromatic carbocycles. The summed E-state index contributed by atoms with van der Waals surface area (Å²) in [6.45, 7) is 6.40. The van der Waals surface area contributed by atoms with Crippen LogP contribution in [0.25, 0.3) is 0 Å². The third-order valence-corrected chi connectivity index (χ3v) is 4.76. The average Bonchev–Trinajstić information content (AvgIpc) is 3.04. The molecule has 1 heterocycles. The van der Waals surface area contributed by atoms with Gasteiger partial charge in [0, 0.05) is 22.8 Å². The Labute approximate surface area is 194 Å². The summed E-state index contributed by atoms with van der Waals surface area (Å²) in [6, 6.07) is 10.3. The lowest BCUT2D eigenvalue weighted by Crippen LogP contribution is -2.28. The van der Waals surface area contributed by atoms with Gasteiger partial charge in [0.05, 0.1) is 10.6 Å². The topological polar surface area (TPSA) is 131 Å². The number of halogens is 1. The van der Waals surface area contributed by atoms with E-state index in [1.165, 1.54) is 19.1 Å². The fraction of sp³-hybridized carbons (Fsp3) is 0.217. The summed E-state index contributed by atoms with van der Waals surface area (Å²) in [5, 5.41) is 21.3.